The van der Waals surface area contributed by atoms with Gasteiger partial charge in [-0.2, -0.15) is 0 Å². The number of ether oxygens (including phenoxy) is 1. The van der Waals surface area contributed by atoms with Crippen LogP contribution < -0.4 is 10.1 Å². The molecule has 0 saturated carbocycles. The molecule has 1 N–H and O–H groups in total. The molecular weight excluding hydrogens is 319 g/mol. The summed E-state index contributed by atoms with van der Waals surface area (Å²) < 4.78 is 40.6. The van der Waals surface area contributed by atoms with Crippen LogP contribution in [0.4, 0.5) is 13.2 Å². The fourth-order valence-electron chi connectivity index (χ4n) is 3.60. The van der Waals surface area contributed by atoms with E-state index in [1.807, 2.05) is 0 Å². The van der Waals surface area contributed by atoms with Gasteiger partial charge < -0.3 is 10.1 Å². The highest BCUT2D eigenvalue weighted by Gasteiger charge is 2.31. The maximum Gasteiger partial charge on any atom is 0.573 e. The third kappa shape index (κ3) is 4.40. The second-order valence-electron chi connectivity index (χ2n) is 6.51. The molecule has 0 aromatic heterocycles. The Balaban J connectivity index is 1.54. The van der Waals surface area contributed by atoms with Crippen LogP contribution in [0.2, 0.25) is 0 Å². The van der Waals surface area contributed by atoms with Gasteiger partial charge in [0, 0.05) is 44.8 Å². The number of hydrogen-bond donors (Lipinski definition) is 1. The minimum absolute atomic E-state index is 0.169. The summed E-state index contributed by atoms with van der Waals surface area (Å²) in [5.74, 6) is -0.169. The van der Waals surface area contributed by atoms with E-state index in [0.717, 1.165) is 44.8 Å². The lowest BCUT2D eigenvalue weighted by atomic mass is 10.1. The first-order valence-electron chi connectivity index (χ1n) is 8.47. The van der Waals surface area contributed by atoms with E-state index in [4.69, 9.17) is 0 Å². The number of piperazine rings is 1. The summed E-state index contributed by atoms with van der Waals surface area (Å²) in [6.45, 7) is 8.35. The molecule has 2 heterocycles. The molecule has 0 aliphatic carbocycles. The summed E-state index contributed by atoms with van der Waals surface area (Å²) in [5.41, 5.74) is 1.01. The number of alkyl halides is 3. The zero-order chi connectivity index (χ0) is 17.2. The topological polar surface area (TPSA) is 27.7 Å². The van der Waals surface area contributed by atoms with Crippen molar-refractivity contribution in [3.8, 4) is 5.75 Å². The van der Waals surface area contributed by atoms with Gasteiger partial charge in [0.15, 0.2) is 0 Å². The van der Waals surface area contributed by atoms with E-state index >= 15 is 0 Å². The van der Waals surface area contributed by atoms with Crippen LogP contribution in [0, 0.1) is 0 Å². The SMILES string of the molecule is CC(c1ccc(OC(F)(F)F)cc1)N1CCN(C2CCNC2)CC1. The molecule has 3 rings (SSSR count). The summed E-state index contributed by atoms with van der Waals surface area (Å²) in [5, 5.41) is 3.40. The van der Waals surface area contributed by atoms with Crippen LogP contribution in [-0.4, -0.2) is 61.5 Å². The average molecular weight is 343 g/mol. The van der Waals surface area contributed by atoms with Crippen molar-refractivity contribution in [2.45, 2.75) is 31.8 Å². The molecule has 4 nitrogen and oxygen atoms in total. The van der Waals surface area contributed by atoms with Gasteiger partial charge in [-0.3, -0.25) is 9.80 Å². The van der Waals surface area contributed by atoms with Crippen molar-refractivity contribution in [3.63, 3.8) is 0 Å². The molecule has 2 unspecified atom stereocenters. The van der Waals surface area contributed by atoms with Gasteiger partial charge >= 0.3 is 6.36 Å². The summed E-state index contributed by atoms with van der Waals surface area (Å²) >= 11 is 0. The predicted molar refractivity (Wildman–Crippen MR) is 86.0 cm³/mol. The average Bonchev–Trinajstić information content (AvgIpc) is 3.08. The summed E-state index contributed by atoms with van der Waals surface area (Å²) in [7, 11) is 0. The third-order valence-corrected chi connectivity index (χ3v) is 5.04. The normalized spacial score (nSPS) is 24.9. The van der Waals surface area contributed by atoms with Crippen molar-refractivity contribution >= 4 is 0 Å². The van der Waals surface area contributed by atoms with Crippen LogP contribution in [0.5, 0.6) is 5.75 Å². The van der Waals surface area contributed by atoms with Crippen LogP contribution in [-0.2, 0) is 0 Å². The standard InChI is InChI=1S/C17H24F3N3O/c1-13(14-2-4-16(5-3-14)24-17(18,19)20)22-8-10-23(11-9-22)15-6-7-21-12-15/h2-5,13,15,21H,6-12H2,1H3. The summed E-state index contributed by atoms with van der Waals surface area (Å²) in [6.07, 6.45) is -3.42. The first-order chi connectivity index (χ1) is 11.4. The zero-order valence-electron chi connectivity index (χ0n) is 13.9. The first-order valence-corrected chi connectivity index (χ1v) is 8.47. The molecule has 0 spiro atoms. The van der Waals surface area contributed by atoms with E-state index in [2.05, 4.69) is 26.8 Å². The Morgan fingerprint density at radius 3 is 2.33 bits per heavy atom. The van der Waals surface area contributed by atoms with Crippen molar-refractivity contribution in [2.24, 2.45) is 0 Å². The first kappa shape index (κ1) is 17.5. The number of rotatable bonds is 4. The molecule has 2 saturated heterocycles. The molecule has 24 heavy (non-hydrogen) atoms. The lowest BCUT2D eigenvalue weighted by molar-refractivity contribution is -0.274. The van der Waals surface area contributed by atoms with Gasteiger partial charge in [0.1, 0.15) is 5.75 Å². The molecule has 7 heteroatoms. The van der Waals surface area contributed by atoms with E-state index in [9.17, 15) is 13.2 Å². The van der Waals surface area contributed by atoms with Gasteiger partial charge in [-0.25, -0.2) is 0 Å². The van der Waals surface area contributed by atoms with Crippen LogP contribution >= 0.6 is 0 Å². The molecule has 1 aromatic rings. The van der Waals surface area contributed by atoms with Crippen molar-refractivity contribution in [1.29, 1.82) is 0 Å². The predicted octanol–water partition coefficient (Wildman–Crippen LogP) is 2.63. The van der Waals surface area contributed by atoms with Gasteiger partial charge in [0.2, 0.25) is 0 Å². The zero-order valence-corrected chi connectivity index (χ0v) is 13.9. The number of nitrogens with zero attached hydrogens (tertiary/aromatic N) is 2. The molecule has 0 radical (unpaired) electrons. The summed E-state index contributed by atoms with van der Waals surface area (Å²) in [6, 6.07) is 7.06. The fraction of sp³-hybridized carbons (Fsp3) is 0.647. The Morgan fingerprint density at radius 1 is 1.12 bits per heavy atom. The minimum Gasteiger partial charge on any atom is -0.406 e. The molecular formula is C17H24F3N3O. The largest absolute Gasteiger partial charge is 0.573 e. The maximum absolute atomic E-state index is 12.2. The Morgan fingerprint density at radius 2 is 1.79 bits per heavy atom. The van der Waals surface area contributed by atoms with Crippen molar-refractivity contribution < 1.29 is 17.9 Å². The van der Waals surface area contributed by atoms with Gasteiger partial charge in [0.25, 0.3) is 0 Å². The van der Waals surface area contributed by atoms with Gasteiger partial charge in [-0.05, 0) is 37.6 Å². The van der Waals surface area contributed by atoms with Crippen LogP contribution in [0.1, 0.15) is 24.9 Å². The monoisotopic (exact) mass is 343 g/mol. The van der Waals surface area contributed by atoms with Crippen molar-refractivity contribution in [2.75, 3.05) is 39.3 Å². The molecule has 0 bridgehead atoms. The van der Waals surface area contributed by atoms with E-state index in [0.29, 0.717) is 6.04 Å². The smallest absolute Gasteiger partial charge is 0.406 e. The van der Waals surface area contributed by atoms with E-state index < -0.39 is 6.36 Å². The third-order valence-electron chi connectivity index (χ3n) is 5.04. The number of halogens is 3. The fourth-order valence-corrected chi connectivity index (χ4v) is 3.60. The summed E-state index contributed by atoms with van der Waals surface area (Å²) in [4.78, 5) is 4.93. The molecule has 0 amide bonds. The Bertz CT molecular complexity index is 521. The lowest BCUT2D eigenvalue weighted by Gasteiger charge is -2.40. The maximum atomic E-state index is 12.2. The minimum atomic E-state index is -4.64. The quantitative estimate of drug-likeness (QED) is 0.910. The second-order valence-corrected chi connectivity index (χ2v) is 6.51. The highest BCUT2D eigenvalue weighted by molar-refractivity contribution is 5.29. The number of hydrogen-bond acceptors (Lipinski definition) is 4. The van der Waals surface area contributed by atoms with Crippen molar-refractivity contribution in [3.05, 3.63) is 29.8 Å². The van der Waals surface area contributed by atoms with Gasteiger partial charge in [-0.15, -0.1) is 13.2 Å². The lowest BCUT2D eigenvalue weighted by Crippen LogP contribution is -2.51. The highest BCUT2D eigenvalue weighted by Crippen LogP contribution is 2.27. The Kier molecular flexibility index (Phi) is 5.32. The molecule has 1 aromatic carbocycles. The van der Waals surface area contributed by atoms with Crippen LogP contribution in [0.3, 0.4) is 0 Å². The van der Waals surface area contributed by atoms with Gasteiger partial charge in [0.05, 0.1) is 0 Å². The Labute approximate surface area is 140 Å². The van der Waals surface area contributed by atoms with E-state index in [1.165, 1.54) is 18.6 Å². The number of nitrogens with one attached hydrogen (secondary N) is 1. The molecule has 2 atom stereocenters. The van der Waals surface area contributed by atoms with Crippen LogP contribution in [0.15, 0.2) is 24.3 Å². The molecule has 2 aliphatic rings. The van der Waals surface area contributed by atoms with E-state index in [1.54, 1.807) is 12.1 Å². The highest BCUT2D eigenvalue weighted by atomic mass is 19.4. The molecule has 2 aliphatic heterocycles. The number of benzene rings is 1. The van der Waals surface area contributed by atoms with Crippen LogP contribution in [0.25, 0.3) is 0 Å². The molecule has 134 valence electrons. The van der Waals surface area contributed by atoms with Crippen molar-refractivity contribution in [1.82, 2.24) is 15.1 Å². The van der Waals surface area contributed by atoms with E-state index in [-0.39, 0.29) is 11.8 Å². The second kappa shape index (κ2) is 7.29. The molecule has 2 fully saturated rings. The Hall–Kier alpha value is -1.31. The van der Waals surface area contributed by atoms with Gasteiger partial charge in [-0.1, -0.05) is 12.1 Å².